The average Bonchev–Trinajstić information content (AvgIpc) is 2.65. The first-order valence-electron chi connectivity index (χ1n) is 9.18. The van der Waals surface area contributed by atoms with Gasteiger partial charge in [-0.05, 0) is 59.9 Å². The summed E-state index contributed by atoms with van der Waals surface area (Å²) in [6.45, 7) is 5.96. The van der Waals surface area contributed by atoms with Crippen molar-refractivity contribution < 1.29 is 4.74 Å². The minimum Gasteiger partial charge on any atom is -0.489 e. The van der Waals surface area contributed by atoms with Crippen molar-refractivity contribution in [2.24, 2.45) is 10.9 Å². The predicted octanol–water partition coefficient (Wildman–Crippen LogP) is 6.55. The van der Waals surface area contributed by atoms with E-state index >= 15 is 0 Å². The van der Waals surface area contributed by atoms with Gasteiger partial charge in [0.05, 0.1) is 0 Å². The average molecular weight is 358 g/mol. The van der Waals surface area contributed by atoms with E-state index in [9.17, 15) is 0 Å². The summed E-state index contributed by atoms with van der Waals surface area (Å²) < 4.78 is 5.80. The van der Waals surface area contributed by atoms with Crippen molar-refractivity contribution >= 4 is 17.8 Å². The van der Waals surface area contributed by atoms with E-state index in [-0.39, 0.29) is 0 Å². The zero-order valence-electron chi connectivity index (χ0n) is 15.2. The quantitative estimate of drug-likeness (QED) is 0.441. The van der Waals surface area contributed by atoms with Crippen LogP contribution in [0.15, 0.2) is 53.5 Å². The number of hydrogen-bond acceptors (Lipinski definition) is 2. The molecule has 1 unspecified atom stereocenters. The highest BCUT2D eigenvalue weighted by atomic mass is 35.5. The summed E-state index contributed by atoms with van der Waals surface area (Å²) in [5, 5.41) is 0.743. The first kappa shape index (κ1) is 19.5. The molecule has 0 aliphatic heterocycles. The number of rotatable bonds is 10. The van der Waals surface area contributed by atoms with Gasteiger partial charge in [0, 0.05) is 17.8 Å². The lowest BCUT2D eigenvalue weighted by atomic mass is 10.00. The minimum atomic E-state index is 0.542. The van der Waals surface area contributed by atoms with Gasteiger partial charge in [0.1, 0.15) is 12.4 Å². The van der Waals surface area contributed by atoms with Crippen molar-refractivity contribution in [2.45, 2.75) is 46.1 Å². The lowest BCUT2D eigenvalue weighted by Gasteiger charge is -2.10. The number of unbranched alkanes of at least 4 members (excludes halogenated alkanes) is 1. The molecule has 0 amide bonds. The maximum atomic E-state index is 5.89. The van der Waals surface area contributed by atoms with Gasteiger partial charge in [-0.2, -0.15) is 0 Å². The van der Waals surface area contributed by atoms with Gasteiger partial charge in [0.2, 0.25) is 0 Å². The summed E-state index contributed by atoms with van der Waals surface area (Å²) in [5.41, 5.74) is 2.22. The molecule has 1 atom stereocenters. The highest BCUT2D eigenvalue weighted by Gasteiger charge is 2.03. The number of hydrogen-bond donors (Lipinski definition) is 0. The third-order valence-electron chi connectivity index (χ3n) is 4.35. The molecule has 0 fully saturated rings. The van der Waals surface area contributed by atoms with Gasteiger partial charge >= 0.3 is 0 Å². The highest BCUT2D eigenvalue weighted by molar-refractivity contribution is 6.30. The van der Waals surface area contributed by atoms with E-state index in [2.05, 4.69) is 18.8 Å². The largest absolute Gasteiger partial charge is 0.489 e. The van der Waals surface area contributed by atoms with Crippen LogP contribution in [0.2, 0.25) is 5.02 Å². The van der Waals surface area contributed by atoms with Crippen LogP contribution >= 0.6 is 11.6 Å². The molecular formula is C22H28ClNO. The maximum absolute atomic E-state index is 5.89. The van der Waals surface area contributed by atoms with Gasteiger partial charge in [-0.1, -0.05) is 56.8 Å². The number of nitrogens with zero attached hydrogens (tertiary/aromatic N) is 1. The van der Waals surface area contributed by atoms with Crippen LogP contribution in [0.5, 0.6) is 5.75 Å². The predicted molar refractivity (Wildman–Crippen MR) is 108 cm³/mol. The molecule has 0 saturated carbocycles. The molecule has 134 valence electrons. The van der Waals surface area contributed by atoms with Crippen LogP contribution in [0.1, 0.15) is 50.7 Å². The molecule has 0 aliphatic rings. The molecular weight excluding hydrogens is 330 g/mol. The van der Waals surface area contributed by atoms with Gasteiger partial charge < -0.3 is 4.74 Å². The van der Waals surface area contributed by atoms with Gasteiger partial charge in [-0.15, -0.1) is 0 Å². The highest BCUT2D eigenvalue weighted by Crippen LogP contribution is 2.16. The normalized spacial score (nSPS) is 12.4. The molecule has 2 nitrogen and oxygen atoms in total. The van der Waals surface area contributed by atoms with Gasteiger partial charge in [0.25, 0.3) is 0 Å². The Morgan fingerprint density at radius 3 is 2.40 bits per heavy atom. The zero-order valence-corrected chi connectivity index (χ0v) is 16.0. The van der Waals surface area contributed by atoms with E-state index in [4.69, 9.17) is 16.3 Å². The molecule has 25 heavy (non-hydrogen) atoms. The lowest BCUT2D eigenvalue weighted by Crippen LogP contribution is -2.03. The topological polar surface area (TPSA) is 21.6 Å². The first-order chi connectivity index (χ1) is 12.2. The number of ether oxygens (including phenoxy) is 1. The standard InChI is InChI=1S/C22H28ClNO/c1-3-5-6-18(4-2)15-24-16-19-9-13-22(14-10-19)25-17-20-7-11-21(23)12-8-20/h7-14,16,18H,3-6,15,17H2,1-2H3. The van der Waals surface area contributed by atoms with Crippen molar-refractivity contribution in [1.29, 1.82) is 0 Å². The van der Waals surface area contributed by atoms with E-state index in [1.54, 1.807) is 0 Å². The second-order valence-corrected chi connectivity index (χ2v) is 6.83. The second kappa shape index (κ2) is 10.9. The lowest BCUT2D eigenvalue weighted by molar-refractivity contribution is 0.306. The van der Waals surface area contributed by atoms with Gasteiger partial charge in [-0.25, -0.2) is 0 Å². The summed E-state index contributed by atoms with van der Waals surface area (Å²) in [7, 11) is 0. The Labute approximate surface area is 156 Å². The maximum Gasteiger partial charge on any atom is 0.119 e. The van der Waals surface area contributed by atoms with Crippen molar-refractivity contribution in [1.82, 2.24) is 0 Å². The monoisotopic (exact) mass is 357 g/mol. The summed E-state index contributed by atoms with van der Waals surface area (Å²) in [5.74, 6) is 1.57. The van der Waals surface area contributed by atoms with Crippen LogP contribution in [0, 0.1) is 5.92 Å². The van der Waals surface area contributed by atoms with Crippen molar-refractivity contribution in [3.63, 3.8) is 0 Å². The van der Waals surface area contributed by atoms with Crippen LogP contribution in [0.3, 0.4) is 0 Å². The first-order valence-corrected chi connectivity index (χ1v) is 9.56. The zero-order chi connectivity index (χ0) is 17.9. The van der Waals surface area contributed by atoms with Gasteiger partial charge in [0.15, 0.2) is 0 Å². The molecule has 0 aliphatic carbocycles. The molecule has 2 rings (SSSR count). The number of halogens is 1. The van der Waals surface area contributed by atoms with E-state index in [1.165, 1.54) is 25.7 Å². The van der Waals surface area contributed by atoms with Crippen LogP contribution < -0.4 is 4.74 Å². The molecule has 0 bridgehead atoms. The Morgan fingerprint density at radius 2 is 1.76 bits per heavy atom. The molecule has 0 N–H and O–H groups in total. The fourth-order valence-electron chi connectivity index (χ4n) is 2.62. The van der Waals surface area contributed by atoms with Crippen LogP contribution in [-0.2, 0) is 6.61 Å². The summed E-state index contributed by atoms with van der Waals surface area (Å²) in [4.78, 5) is 4.62. The Morgan fingerprint density at radius 1 is 1.04 bits per heavy atom. The van der Waals surface area contributed by atoms with Crippen LogP contribution in [-0.4, -0.2) is 12.8 Å². The van der Waals surface area contributed by atoms with E-state index in [1.807, 2.05) is 54.7 Å². The molecule has 0 saturated heterocycles. The van der Waals surface area contributed by atoms with E-state index < -0.39 is 0 Å². The minimum absolute atomic E-state index is 0.542. The van der Waals surface area contributed by atoms with Crippen molar-refractivity contribution in [3.8, 4) is 5.75 Å². The van der Waals surface area contributed by atoms with E-state index in [0.29, 0.717) is 12.5 Å². The molecule has 2 aromatic carbocycles. The SMILES string of the molecule is CCCCC(CC)CN=Cc1ccc(OCc2ccc(Cl)cc2)cc1. The fourth-order valence-corrected chi connectivity index (χ4v) is 2.75. The number of aliphatic imine (C=N–C) groups is 1. The van der Waals surface area contributed by atoms with E-state index in [0.717, 1.165) is 28.4 Å². The third-order valence-corrected chi connectivity index (χ3v) is 4.60. The third kappa shape index (κ3) is 7.31. The Kier molecular flexibility index (Phi) is 8.54. The summed E-state index contributed by atoms with van der Waals surface area (Å²) >= 11 is 5.89. The van der Waals surface area contributed by atoms with Crippen molar-refractivity contribution in [3.05, 3.63) is 64.7 Å². The molecule has 0 spiro atoms. The van der Waals surface area contributed by atoms with Crippen LogP contribution in [0.4, 0.5) is 0 Å². The summed E-state index contributed by atoms with van der Waals surface area (Å²) in [6, 6.07) is 15.8. The molecule has 3 heteroatoms. The fraction of sp³-hybridized carbons (Fsp3) is 0.409. The molecule has 0 heterocycles. The number of benzene rings is 2. The molecule has 0 radical (unpaired) electrons. The second-order valence-electron chi connectivity index (χ2n) is 6.39. The Hall–Kier alpha value is -1.80. The Balaban J connectivity index is 1.80. The molecule has 0 aromatic heterocycles. The smallest absolute Gasteiger partial charge is 0.119 e. The van der Waals surface area contributed by atoms with Gasteiger partial charge in [-0.3, -0.25) is 4.99 Å². The van der Waals surface area contributed by atoms with Crippen molar-refractivity contribution in [2.75, 3.05) is 6.54 Å². The summed E-state index contributed by atoms with van der Waals surface area (Å²) in [6.07, 6.45) is 7.01. The Bertz CT molecular complexity index is 634. The van der Waals surface area contributed by atoms with Crippen LogP contribution in [0.25, 0.3) is 0 Å². The molecule has 2 aromatic rings.